The molecule has 0 amide bonds. The molecule has 1 heterocycles. The largest absolute Gasteiger partial charge is 0.357 e. The van der Waals surface area contributed by atoms with E-state index in [9.17, 15) is 0 Å². The van der Waals surface area contributed by atoms with Gasteiger partial charge in [0, 0.05) is 12.3 Å². The van der Waals surface area contributed by atoms with E-state index in [1.54, 1.807) is 0 Å². The Balaban J connectivity index is 1.87. The minimum absolute atomic E-state index is 0.430. The average molecular weight is 248 g/mol. The molecule has 0 bridgehead atoms. The van der Waals surface area contributed by atoms with Crippen molar-refractivity contribution in [3.8, 4) is 0 Å². The lowest BCUT2D eigenvalue weighted by Gasteiger charge is -2.09. The molecule has 1 aromatic rings. The second-order valence-electron chi connectivity index (χ2n) is 4.79. The first kappa shape index (κ1) is 12.5. The predicted molar refractivity (Wildman–Crippen MR) is 76.5 cm³/mol. The molecule has 17 heavy (non-hydrogen) atoms. The van der Waals surface area contributed by atoms with Crippen LogP contribution < -0.4 is 5.32 Å². The van der Waals surface area contributed by atoms with E-state index in [0.29, 0.717) is 6.04 Å². The average Bonchev–Trinajstić information content (AvgIpc) is 2.78. The van der Waals surface area contributed by atoms with Gasteiger partial charge in [0.15, 0.2) is 5.17 Å². The van der Waals surface area contributed by atoms with Gasteiger partial charge >= 0.3 is 0 Å². The molecule has 0 saturated carbocycles. The fraction of sp³-hybridized carbons (Fsp3) is 0.500. The first-order valence-electron chi connectivity index (χ1n) is 6.24. The molecule has 1 atom stereocenters. The van der Waals surface area contributed by atoms with E-state index >= 15 is 0 Å². The maximum atomic E-state index is 4.61. The van der Waals surface area contributed by atoms with Crippen LogP contribution in [0.1, 0.15) is 31.9 Å². The van der Waals surface area contributed by atoms with Crippen molar-refractivity contribution in [3.05, 3.63) is 35.9 Å². The lowest BCUT2D eigenvalue weighted by molar-refractivity contribution is 0.596. The normalized spacial score (nSPS) is 22.1. The van der Waals surface area contributed by atoms with Crippen molar-refractivity contribution in [2.75, 3.05) is 12.3 Å². The standard InChI is InChI=1S/C14H20N2S/c1-11(2)8-9-15-14-16-13(10-17-14)12-6-4-3-5-7-12/h3-7,11,13H,8-10H2,1-2H3,(H,15,16). The Morgan fingerprint density at radius 2 is 2.12 bits per heavy atom. The second-order valence-corrected chi connectivity index (χ2v) is 5.80. The lowest BCUT2D eigenvalue weighted by Crippen LogP contribution is -2.19. The lowest BCUT2D eigenvalue weighted by atomic mass is 10.1. The van der Waals surface area contributed by atoms with E-state index in [2.05, 4.69) is 54.5 Å². The molecular formula is C14H20N2S. The number of hydrogen-bond donors (Lipinski definition) is 1. The summed E-state index contributed by atoms with van der Waals surface area (Å²) in [6, 6.07) is 11.0. The van der Waals surface area contributed by atoms with E-state index in [1.807, 2.05) is 11.8 Å². The highest BCUT2D eigenvalue weighted by Crippen LogP contribution is 2.25. The fourth-order valence-corrected chi connectivity index (χ4v) is 2.78. The van der Waals surface area contributed by atoms with Crippen LogP contribution in [0.5, 0.6) is 0 Å². The Morgan fingerprint density at radius 1 is 1.35 bits per heavy atom. The van der Waals surface area contributed by atoms with Gasteiger partial charge in [-0.1, -0.05) is 55.9 Å². The van der Waals surface area contributed by atoms with Crippen molar-refractivity contribution in [1.82, 2.24) is 5.32 Å². The van der Waals surface area contributed by atoms with E-state index in [4.69, 9.17) is 0 Å². The highest BCUT2D eigenvalue weighted by molar-refractivity contribution is 8.14. The van der Waals surface area contributed by atoms with Gasteiger partial charge in [-0.2, -0.15) is 0 Å². The van der Waals surface area contributed by atoms with Crippen LogP contribution in [0.25, 0.3) is 0 Å². The van der Waals surface area contributed by atoms with Gasteiger partial charge in [0.2, 0.25) is 0 Å². The van der Waals surface area contributed by atoms with Crippen LogP contribution in [0.15, 0.2) is 35.3 Å². The summed E-state index contributed by atoms with van der Waals surface area (Å²) >= 11 is 1.84. The summed E-state index contributed by atoms with van der Waals surface area (Å²) in [6.07, 6.45) is 1.17. The van der Waals surface area contributed by atoms with Crippen molar-refractivity contribution in [3.63, 3.8) is 0 Å². The molecular weight excluding hydrogens is 228 g/mol. The summed E-state index contributed by atoms with van der Waals surface area (Å²) in [7, 11) is 0. The van der Waals surface area contributed by atoms with E-state index < -0.39 is 0 Å². The highest BCUT2D eigenvalue weighted by atomic mass is 32.2. The van der Waals surface area contributed by atoms with Gasteiger partial charge in [0.25, 0.3) is 0 Å². The Morgan fingerprint density at radius 3 is 2.82 bits per heavy atom. The molecule has 0 aliphatic carbocycles. The van der Waals surface area contributed by atoms with Crippen molar-refractivity contribution >= 4 is 16.9 Å². The second kappa shape index (κ2) is 6.10. The number of rotatable bonds is 4. The summed E-state index contributed by atoms with van der Waals surface area (Å²) in [6.45, 7) is 5.42. The van der Waals surface area contributed by atoms with Gasteiger partial charge in [-0.25, -0.2) is 0 Å². The van der Waals surface area contributed by atoms with Gasteiger partial charge < -0.3 is 5.32 Å². The third-order valence-corrected chi connectivity index (χ3v) is 3.87. The molecule has 0 spiro atoms. The molecule has 2 nitrogen and oxygen atoms in total. The molecule has 1 aliphatic rings. The molecule has 0 aromatic heterocycles. The van der Waals surface area contributed by atoms with E-state index in [-0.39, 0.29) is 0 Å². The molecule has 3 heteroatoms. The van der Waals surface area contributed by atoms with Gasteiger partial charge in [-0.15, -0.1) is 0 Å². The summed E-state index contributed by atoms with van der Waals surface area (Å²) in [5.41, 5.74) is 1.36. The van der Waals surface area contributed by atoms with Crippen LogP contribution in [0.4, 0.5) is 0 Å². The number of benzene rings is 1. The van der Waals surface area contributed by atoms with Crippen LogP contribution in [-0.2, 0) is 0 Å². The van der Waals surface area contributed by atoms with E-state index in [1.165, 1.54) is 12.0 Å². The zero-order valence-electron chi connectivity index (χ0n) is 10.5. The Labute approximate surface area is 108 Å². The maximum absolute atomic E-state index is 4.61. The van der Waals surface area contributed by atoms with Crippen LogP contribution in [0.2, 0.25) is 0 Å². The maximum Gasteiger partial charge on any atom is 0.157 e. The highest BCUT2D eigenvalue weighted by Gasteiger charge is 2.21. The SMILES string of the molecule is CC(C)CCN=C1NC(c2ccccc2)CS1. The quantitative estimate of drug-likeness (QED) is 0.882. The van der Waals surface area contributed by atoms with Gasteiger partial charge in [-0.05, 0) is 17.9 Å². The summed E-state index contributed by atoms with van der Waals surface area (Å²) < 4.78 is 0. The zero-order chi connectivity index (χ0) is 12.1. The zero-order valence-corrected chi connectivity index (χ0v) is 11.3. The van der Waals surface area contributed by atoms with Crippen LogP contribution in [0, 0.1) is 5.92 Å². The van der Waals surface area contributed by atoms with Gasteiger partial charge in [0.05, 0.1) is 6.04 Å². The van der Waals surface area contributed by atoms with Crippen molar-refractivity contribution in [2.24, 2.45) is 10.9 Å². The molecule has 1 fully saturated rings. The smallest absolute Gasteiger partial charge is 0.157 e. The minimum atomic E-state index is 0.430. The molecule has 92 valence electrons. The fourth-order valence-electron chi connectivity index (χ4n) is 1.78. The van der Waals surface area contributed by atoms with Gasteiger partial charge in [-0.3, -0.25) is 4.99 Å². The number of amidine groups is 1. The van der Waals surface area contributed by atoms with Gasteiger partial charge in [0.1, 0.15) is 0 Å². The van der Waals surface area contributed by atoms with E-state index in [0.717, 1.165) is 23.4 Å². The van der Waals surface area contributed by atoms with Crippen LogP contribution in [-0.4, -0.2) is 17.5 Å². The molecule has 1 unspecified atom stereocenters. The summed E-state index contributed by atoms with van der Waals surface area (Å²) in [5.74, 6) is 1.82. The van der Waals surface area contributed by atoms with Crippen molar-refractivity contribution < 1.29 is 0 Å². The van der Waals surface area contributed by atoms with Crippen LogP contribution in [0.3, 0.4) is 0 Å². The van der Waals surface area contributed by atoms with Crippen molar-refractivity contribution in [2.45, 2.75) is 26.3 Å². The Hall–Kier alpha value is -0.960. The number of aliphatic imine (C=N–C) groups is 1. The molecule has 1 aromatic carbocycles. The predicted octanol–water partition coefficient (Wildman–Crippen LogP) is 3.47. The monoisotopic (exact) mass is 248 g/mol. The summed E-state index contributed by atoms with van der Waals surface area (Å²) in [5, 5.41) is 4.60. The third-order valence-electron chi connectivity index (χ3n) is 2.85. The molecule has 1 saturated heterocycles. The molecule has 2 rings (SSSR count). The Bertz CT molecular complexity index is 373. The number of hydrogen-bond acceptors (Lipinski definition) is 2. The molecule has 0 radical (unpaired) electrons. The third kappa shape index (κ3) is 3.77. The number of nitrogens with zero attached hydrogens (tertiary/aromatic N) is 1. The van der Waals surface area contributed by atoms with Crippen molar-refractivity contribution in [1.29, 1.82) is 0 Å². The van der Waals surface area contributed by atoms with Crippen LogP contribution >= 0.6 is 11.8 Å². The first-order valence-corrected chi connectivity index (χ1v) is 7.23. The number of thioether (sulfide) groups is 1. The first-order chi connectivity index (χ1) is 8.25. The molecule has 1 N–H and O–H groups in total. The minimum Gasteiger partial charge on any atom is -0.357 e. The topological polar surface area (TPSA) is 24.4 Å². The summed E-state index contributed by atoms with van der Waals surface area (Å²) in [4.78, 5) is 4.61. The molecule has 1 aliphatic heterocycles. The Kier molecular flexibility index (Phi) is 4.49. The number of nitrogens with one attached hydrogen (secondary N) is 1.